The summed E-state index contributed by atoms with van der Waals surface area (Å²) in [6.07, 6.45) is 5.68. The molecule has 0 amide bonds. The molecule has 0 radical (unpaired) electrons. The van der Waals surface area contributed by atoms with Crippen molar-refractivity contribution in [2.24, 2.45) is 4.99 Å². The van der Waals surface area contributed by atoms with Gasteiger partial charge < -0.3 is 4.90 Å². The standard InChI is InChI=1S/C8H16N2/c1-4-9-7-5-6-8-10(2)3/h4,7H,1,5-6,8H2,2-3H3. The summed E-state index contributed by atoms with van der Waals surface area (Å²) in [7, 11) is 4.15. The molecule has 0 fully saturated rings. The molecule has 0 N–H and O–H groups in total. The molecule has 0 aromatic rings. The predicted molar refractivity (Wildman–Crippen MR) is 46.5 cm³/mol. The van der Waals surface area contributed by atoms with E-state index in [1.807, 2.05) is 6.21 Å². The molecule has 10 heavy (non-hydrogen) atoms. The summed E-state index contributed by atoms with van der Waals surface area (Å²) in [6.45, 7) is 4.61. The summed E-state index contributed by atoms with van der Waals surface area (Å²) in [5, 5.41) is 0. The average molecular weight is 140 g/mol. The van der Waals surface area contributed by atoms with Gasteiger partial charge in [0.2, 0.25) is 0 Å². The van der Waals surface area contributed by atoms with Crippen LogP contribution in [0.3, 0.4) is 0 Å². The van der Waals surface area contributed by atoms with Crippen LogP contribution in [0.15, 0.2) is 17.8 Å². The summed E-state index contributed by atoms with van der Waals surface area (Å²) < 4.78 is 0. The molecule has 2 nitrogen and oxygen atoms in total. The first-order chi connectivity index (χ1) is 4.77. The van der Waals surface area contributed by atoms with Gasteiger partial charge in [-0.2, -0.15) is 0 Å². The van der Waals surface area contributed by atoms with E-state index in [1.165, 1.54) is 6.42 Å². The van der Waals surface area contributed by atoms with Crippen LogP contribution in [0.1, 0.15) is 12.8 Å². The van der Waals surface area contributed by atoms with E-state index >= 15 is 0 Å². The zero-order valence-corrected chi connectivity index (χ0v) is 6.88. The highest BCUT2D eigenvalue weighted by Gasteiger charge is 1.86. The van der Waals surface area contributed by atoms with E-state index in [2.05, 4.69) is 30.6 Å². The van der Waals surface area contributed by atoms with Crippen LogP contribution < -0.4 is 0 Å². The van der Waals surface area contributed by atoms with Gasteiger partial charge >= 0.3 is 0 Å². The van der Waals surface area contributed by atoms with Crippen LogP contribution in [0.2, 0.25) is 0 Å². The minimum Gasteiger partial charge on any atom is -0.309 e. The molecule has 0 aliphatic rings. The van der Waals surface area contributed by atoms with Crippen molar-refractivity contribution in [2.45, 2.75) is 12.8 Å². The second kappa shape index (κ2) is 6.49. The SMILES string of the molecule is C=CN=CCCCN(C)C. The highest BCUT2D eigenvalue weighted by atomic mass is 15.0. The largest absolute Gasteiger partial charge is 0.309 e. The molecule has 0 unspecified atom stereocenters. The van der Waals surface area contributed by atoms with Crippen molar-refractivity contribution in [3.8, 4) is 0 Å². The van der Waals surface area contributed by atoms with Gasteiger partial charge in [0.1, 0.15) is 0 Å². The van der Waals surface area contributed by atoms with E-state index in [0.717, 1.165) is 13.0 Å². The molecule has 0 saturated carbocycles. The van der Waals surface area contributed by atoms with Gasteiger partial charge in [-0.1, -0.05) is 6.58 Å². The van der Waals surface area contributed by atoms with Gasteiger partial charge in [0.15, 0.2) is 0 Å². The summed E-state index contributed by atoms with van der Waals surface area (Å²) in [5.41, 5.74) is 0. The Balaban J connectivity index is 3.04. The van der Waals surface area contributed by atoms with Gasteiger partial charge in [0.05, 0.1) is 0 Å². The van der Waals surface area contributed by atoms with Crippen molar-refractivity contribution in [3.05, 3.63) is 12.8 Å². The lowest BCUT2D eigenvalue weighted by molar-refractivity contribution is 0.404. The van der Waals surface area contributed by atoms with E-state index in [1.54, 1.807) is 6.20 Å². The Bertz CT molecular complexity index is 106. The molecule has 0 rings (SSSR count). The zero-order chi connectivity index (χ0) is 7.82. The number of unbranched alkanes of at least 4 members (excludes halogenated alkanes) is 1. The number of hydrogen-bond acceptors (Lipinski definition) is 2. The van der Waals surface area contributed by atoms with Gasteiger partial charge in [-0.15, -0.1) is 0 Å². The molecular weight excluding hydrogens is 124 g/mol. The molecule has 0 aliphatic heterocycles. The van der Waals surface area contributed by atoms with Crippen LogP contribution in [0, 0.1) is 0 Å². The van der Waals surface area contributed by atoms with E-state index in [-0.39, 0.29) is 0 Å². The molecule has 2 heteroatoms. The lowest BCUT2D eigenvalue weighted by Crippen LogP contribution is -2.12. The van der Waals surface area contributed by atoms with Gasteiger partial charge in [-0.3, -0.25) is 4.99 Å². The van der Waals surface area contributed by atoms with Gasteiger partial charge in [0, 0.05) is 12.4 Å². The Morgan fingerprint density at radius 2 is 2.20 bits per heavy atom. The van der Waals surface area contributed by atoms with Crippen molar-refractivity contribution in [1.82, 2.24) is 4.90 Å². The van der Waals surface area contributed by atoms with Crippen LogP contribution in [0.25, 0.3) is 0 Å². The summed E-state index contributed by atoms with van der Waals surface area (Å²) >= 11 is 0. The molecule has 0 aromatic carbocycles. The monoisotopic (exact) mass is 140 g/mol. The summed E-state index contributed by atoms with van der Waals surface area (Å²) in [6, 6.07) is 0. The maximum atomic E-state index is 3.89. The second-order valence-corrected chi connectivity index (χ2v) is 2.46. The van der Waals surface area contributed by atoms with Crippen LogP contribution in [0.5, 0.6) is 0 Å². The Morgan fingerprint density at radius 3 is 2.70 bits per heavy atom. The van der Waals surface area contributed by atoms with Crippen LogP contribution in [-0.2, 0) is 0 Å². The van der Waals surface area contributed by atoms with Crippen LogP contribution >= 0.6 is 0 Å². The van der Waals surface area contributed by atoms with Gasteiger partial charge in [-0.05, 0) is 33.5 Å². The lowest BCUT2D eigenvalue weighted by atomic mass is 10.3. The Hall–Kier alpha value is -0.630. The van der Waals surface area contributed by atoms with Crippen molar-refractivity contribution >= 4 is 6.21 Å². The van der Waals surface area contributed by atoms with Gasteiger partial charge in [0.25, 0.3) is 0 Å². The Morgan fingerprint density at radius 1 is 1.50 bits per heavy atom. The maximum Gasteiger partial charge on any atom is 0.0191 e. The molecule has 0 aromatic heterocycles. The lowest BCUT2D eigenvalue weighted by Gasteiger charge is -2.06. The first-order valence-electron chi connectivity index (χ1n) is 3.54. The maximum absolute atomic E-state index is 3.89. The topological polar surface area (TPSA) is 15.6 Å². The Kier molecular flexibility index (Phi) is 6.08. The molecule has 0 aliphatic carbocycles. The van der Waals surface area contributed by atoms with E-state index in [4.69, 9.17) is 0 Å². The molecular formula is C8H16N2. The number of nitrogens with zero attached hydrogens (tertiary/aromatic N) is 2. The smallest absolute Gasteiger partial charge is 0.0191 e. The highest BCUT2D eigenvalue weighted by Crippen LogP contribution is 1.87. The first-order valence-corrected chi connectivity index (χ1v) is 3.54. The molecule has 0 spiro atoms. The van der Waals surface area contributed by atoms with E-state index in [0.29, 0.717) is 0 Å². The normalized spacial score (nSPS) is 11.1. The minimum absolute atomic E-state index is 1.05. The first kappa shape index (κ1) is 9.37. The third kappa shape index (κ3) is 7.37. The fourth-order valence-corrected chi connectivity index (χ4v) is 0.648. The summed E-state index contributed by atoms with van der Waals surface area (Å²) in [4.78, 5) is 6.06. The zero-order valence-electron chi connectivity index (χ0n) is 6.88. The third-order valence-corrected chi connectivity index (χ3v) is 1.15. The van der Waals surface area contributed by atoms with Crippen molar-refractivity contribution in [3.63, 3.8) is 0 Å². The number of hydrogen-bond donors (Lipinski definition) is 0. The second-order valence-electron chi connectivity index (χ2n) is 2.46. The fraction of sp³-hybridized carbons (Fsp3) is 0.625. The fourth-order valence-electron chi connectivity index (χ4n) is 0.648. The third-order valence-electron chi connectivity index (χ3n) is 1.15. The van der Waals surface area contributed by atoms with Gasteiger partial charge in [-0.25, -0.2) is 0 Å². The van der Waals surface area contributed by atoms with Crippen LogP contribution in [-0.4, -0.2) is 31.8 Å². The quantitative estimate of drug-likeness (QED) is 0.418. The average Bonchev–Trinajstić information content (AvgIpc) is 1.87. The molecule has 0 saturated heterocycles. The molecule has 58 valence electrons. The van der Waals surface area contributed by atoms with Crippen LogP contribution in [0.4, 0.5) is 0 Å². The number of rotatable bonds is 5. The molecule has 0 atom stereocenters. The van der Waals surface area contributed by atoms with Crippen molar-refractivity contribution < 1.29 is 0 Å². The minimum atomic E-state index is 1.05. The van der Waals surface area contributed by atoms with E-state index in [9.17, 15) is 0 Å². The van der Waals surface area contributed by atoms with E-state index < -0.39 is 0 Å². The van der Waals surface area contributed by atoms with Crippen molar-refractivity contribution in [1.29, 1.82) is 0 Å². The predicted octanol–water partition coefficient (Wildman–Crippen LogP) is 1.54. The highest BCUT2D eigenvalue weighted by molar-refractivity contribution is 5.57. The van der Waals surface area contributed by atoms with Crippen molar-refractivity contribution in [2.75, 3.05) is 20.6 Å². The Labute approximate surface area is 63.3 Å². The summed E-state index contributed by atoms with van der Waals surface area (Å²) in [5.74, 6) is 0. The molecule has 0 bridgehead atoms. The molecule has 0 heterocycles. The number of aliphatic imine (C=N–C) groups is 1.